The monoisotopic (exact) mass is 306 g/mol. The SMILES string of the molecule is CCCCC(CC)COC(=O)C(OC)(OC)C([SiH3])OC. The molecule has 2 unspecified atom stereocenters. The van der Waals surface area contributed by atoms with Gasteiger partial charge in [0.2, 0.25) is 0 Å². The molecule has 6 heteroatoms. The molecule has 2 atom stereocenters. The quantitative estimate of drug-likeness (QED) is 0.325. The molecule has 5 nitrogen and oxygen atoms in total. The fourth-order valence-electron chi connectivity index (χ4n) is 2.10. The Morgan fingerprint density at radius 1 is 1.20 bits per heavy atom. The molecule has 0 aromatic heterocycles. The van der Waals surface area contributed by atoms with Gasteiger partial charge in [0.1, 0.15) is 5.73 Å². The van der Waals surface area contributed by atoms with E-state index in [2.05, 4.69) is 13.8 Å². The Labute approximate surface area is 125 Å². The van der Waals surface area contributed by atoms with Gasteiger partial charge >= 0.3 is 5.97 Å². The molecule has 0 spiro atoms. The average Bonchev–Trinajstić information content (AvgIpc) is 2.48. The first-order valence-electron chi connectivity index (χ1n) is 7.32. The van der Waals surface area contributed by atoms with Crippen LogP contribution in [0.4, 0.5) is 0 Å². The fourth-order valence-corrected chi connectivity index (χ4v) is 2.80. The summed E-state index contributed by atoms with van der Waals surface area (Å²) in [6.45, 7) is 4.67. The number of hydrogen-bond acceptors (Lipinski definition) is 5. The van der Waals surface area contributed by atoms with Gasteiger partial charge in [0.25, 0.3) is 5.79 Å². The van der Waals surface area contributed by atoms with E-state index in [1.807, 2.05) is 0 Å². The van der Waals surface area contributed by atoms with E-state index < -0.39 is 17.5 Å². The lowest BCUT2D eigenvalue weighted by atomic mass is 10.0. The summed E-state index contributed by atoms with van der Waals surface area (Å²) in [5.41, 5.74) is -0.416. The highest BCUT2D eigenvalue weighted by Crippen LogP contribution is 2.21. The van der Waals surface area contributed by atoms with Crippen molar-refractivity contribution in [3.63, 3.8) is 0 Å². The summed E-state index contributed by atoms with van der Waals surface area (Å²) < 4.78 is 21.2. The maximum absolute atomic E-state index is 12.3. The molecule has 0 aromatic rings. The zero-order chi connectivity index (χ0) is 15.6. The molecule has 0 saturated heterocycles. The zero-order valence-electron chi connectivity index (χ0n) is 13.7. The standard InChI is InChI=1S/C14H30O5Si/c1-6-8-9-11(7-2)10-19-12(15)14(17-4,18-5)13(20)16-3/h11,13H,6-10H2,1-5,20H3. The van der Waals surface area contributed by atoms with E-state index in [9.17, 15) is 4.79 Å². The lowest BCUT2D eigenvalue weighted by molar-refractivity contribution is -0.253. The van der Waals surface area contributed by atoms with Crippen LogP contribution in [0.5, 0.6) is 0 Å². The smallest absolute Gasteiger partial charge is 0.369 e. The second-order valence-corrected chi connectivity index (χ2v) is 6.02. The fraction of sp³-hybridized carbons (Fsp3) is 0.929. The summed E-state index contributed by atoms with van der Waals surface area (Å²) in [4.78, 5) is 12.3. The van der Waals surface area contributed by atoms with Gasteiger partial charge in [0, 0.05) is 31.6 Å². The van der Waals surface area contributed by atoms with E-state index in [1.165, 1.54) is 21.3 Å². The number of carbonyl (C=O) groups is 1. The molecule has 120 valence electrons. The third kappa shape index (κ3) is 5.16. The molecule has 0 aliphatic carbocycles. The molecular weight excluding hydrogens is 276 g/mol. The maximum Gasteiger partial charge on any atom is 0.369 e. The number of hydrogen-bond donors (Lipinski definition) is 0. The zero-order valence-corrected chi connectivity index (χ0v) is 15.7. The van der Waals surface area contributed by atoms with Gasteiger partial charge in [-0.2, -0.15) is 0 Å². The van der Waals surface area contributed by atoms with Gasteiger partial charge in [-0.05, 0) is 12.3 Å². The van der Waals surface area contributed by atoms with Crippen LogP contribution >= 0.6 is 0 Å². The normalized spacial score (nSPS) is 15.1. The van der Waals surface area contributed by atoms with Crippen LogP contribution in [0.15, 0.2) is 0 Å². The topological polar surface area (TPSA) is 54.0 Å². The summed E-state index contributed by atoms with van der Waals surface area (Å²) in [6, 6.07) is 0. The molecule has 0 rings (SSSR count). The minimum atomic E-state index is -1.44. The Balaban J connectivity index is 4.61. The Kier molecular flexibility index (Phi) is 10.1. The molecule has 20 heavy (non-hydrogen) atoms. The van der Waals surface area contributed by atoms with E-state index in [0.29, 0.717) is 22.8 Å². The average molecular weight is 306 g/mol. The van der Waals surface area contributed by atoms with Crippen molar-refractivity contribution in [1.29, 1.82) is 0 Å². The molecule has 0 aliphatic rings. The highest BCUT2D eigenvalue weighted by Gasteiger charge is 2.47. The van der Waals surface area contributed by atoms with Crippen molar-refractivity contribution in [2.75, 3.05) is 27.9 Å². The van der Waals surface area contributed by atoms with Crippen molar-refractivity contribution in [3.05, 3.63) is 0 Å². The second kappa shape index (κ2) is 10.3. The molecule has 0 amide bonds. The molecule has 0 heterocycles. The van der Waals surface area contributed by atoms with Gasteiger partial charge in [-0.3, -0.25) is 0 Å². The number of methoxy groups -OCH3 is 3. The van der Waals surface area contributed by atoms with Gasteiger partial charge in [0.05, 0.1) is 6.61 Å². The Morgan fingerprint density at radius 3 is 2.20 bits per heavy atom. The lowest BCUT2D eigenvalue weighted by Crippen LogP contribution is -2.55. The van der Waals surface area contributed by atoms with Gasteiger partial charge in [-0.15, -0.1) is 0 Å². The largest absolute Gasteiger partial charge is 0.461 e. The predicted octanol–water partition coefficient (Wildman–Crippen LogP) is 1.07. The summed E-state index contributed by atoms with van der Waals surface area (Å²) in [7, 11) is 5.00. The van der Waals surface area contributed by atoms with Crippen molar-refractivity contribution < 1.29 is 23.7 Å². The first-order valence-corrected chi connectivity index (χ1v) is 8.48. The second-order valence-electron chi connectivity index (χ2n) is 4.97. The van der Waals surface area contributed by atoms with Crippen LogP contribution in [0.25, 0.3) is 0 Å². The summed E-state index contributed by atoms with van der Waals surface area (Å²) in [6.07, 6.45) is 4.37. The van der Waals surface area contributed by atoms with Gasteiger partial charge in [-0.25, -0.2) is 4.79 Å². The van der Waals surface area contributed by atoms with Crippen LogP contribution in [0.1, 0.15) is 39.5 Å². The first-order chi connectivity index (χ1) is 9.52. The van der Waals surface area contributed by atoms with Gasteiger partial charge < -0.3 is 18.9 Å². The molecule has 0 aliphatic heterocycles. The third-order valence-corrected chi connectivity index (χ3v) is 5.00. The number of carbonyl (C=O) groups excluding carboxylic acids is 1. The molecule has 0 aromatic carbocycles. The molecular formula is C14H30O5Si. The number of ether oxygens (including phenoxy) is 4. The molecule has 0 fully saturated rings. The Morgan fingerprint density at radius 2 is 1.80 bits per heavy atom. The first kappa shape index (κ1) is 19.6. The van der Waals surface area contributed by atoms with Gasteiger partial charge in [0.15, 0.2) is 0 Å². The van der Waals surface area contributed by atoms with Crippen LogP contribution < -0.4 is 0 Å². The van der Waals surface area contributed by atoms with E-state index in [-0.39, 0.29) is 0 Å². The molecule has 0 saturated carbocycles. The van der Waals surface area contributed by atoms with Crippen LogP contribution in [-0.2, 0) is 23.7 Å². The van der Waals surface area contributed by atoms with E-state index in [0.717, 1.165) is 25.7 Å². The number of rotatable bonds is 11. The van der Waals surface area contributed by atoms with Crippen molar-refractivity contribution in [2.45, 2.75) is 51.0 Å². The lowest BCUT2D eigenvalue weighted by Gasteiger charge is -2.33. The number of unbranched alkanes of at least 4 members (excludes halogenated alkanes) is 1. The van der Waals surface area contributed by atoms with Gasteiger partial charge in [-0.1, -0.05) is 33.1 Å². The molecule has 0 radical (unpaired) electrons. The van der Waals surface area contributed by atoms with E-state index in [1.54, 1.807) is 0 Å². The number of esters is 1. The molecule has 0 N–H and O–H groups in total. The third-order valence-electron chi connectivity index (χ3n) is 3.77. The van der Waals surface area contributed by atoms with Crippen molar-refractivity contribution in [2.24, 2.45) is 5.92 Å². The summed E-state index contributed by atoms with van der Waals surface area (Å²) in [5.74, 6) is -1.55. The van der Waals surface area contributed by atoms with Crippen molar-refractivity contribution in [3.8, 4) is 0 Å². The van der Waals surface area contributed by atoms with Crippen LogP contribution in [0.2, 0.25) is 0 Å². The van der Waals surface area contributed by atoms with Crippen LogP contribution in [-0.4, -0.2) is 55.7 Å². The minimum Gasteiger partial charge on any atom is -0.461 e. The maximum atomic E-state index is 12.3. The van der Waals surface area contributed by atoms with Crippen molar-refractivity contribution >= 4 is 16.2 Å². The predicted molar refractivity (Wildman–Crippen MR) is 81.8 cm³/mol. The minimum absolute atomic E-state index is 0.389. The van der Waals surface area contributed by atoms with E-state index >= 15 is 0 Å². The highest BCUT2D eigenvalue weighted by atomic mass is 28.1. The van der Waals surface area contributed by atoms with Crippen LogP contribution in [0, 0.1) is 5.92 Å². The summed E-state index contributed by atoms with van der Waals surface area (Å²) in [5, 5.41) is 0. The van der Waals surface area contributed by atoms with Crippen LogP contribution in [0.3, 0.4) is 0 Å². The summed E-state index contributed by atoms with van der Waals surface area (Å²) >= 11 is 0. The Hall–Kier alpha value is -0.433. The van der Waals surface area contributed by atoms with Crippen molar-refractivity contribution in [1.82, 2.24) is 0 Å². The highest BCUT2D eigenvalue weighted by molar-refractivity contribution is 6.14. The Bertz CT molecular complexity index is 268. The molecule has 0 bridgehead atoms. The van der Waals surface area contributed by atoms with E-state index in [4.69, 9.17) is 18.9 Å².